The average Bonchev–Trinajstić information content (AvgIpc) is 3.57. The molecule has 0 aromatic carbocycles. The molecule has 2 atom stereocenters. The van der Waals surface area contributed by atoms with E-state index in [1.807, 2.05) is 23.2 Å². The van der Waals surface area contributed by atoms with Gasteiger partial charge in [0.15, 0.2) is 5.82 Å². The summed E-state index contributed by atoms with van der Waals surface area (Å²) >= 11 is 0. The lowest BCUT2D eigenvalue weighted by Crippen LogP contribution is -2.50. The average molecular weight is 543 g/mol. The molecule has 0 radical (unpaired) electrons. The van der Waals surface area contributed by atoms with Crippen molar-refractivity contribution < 1.29 is 9.90 Å². The summed E-state index contributed by atoms with van der Waals surface area (Å²) < 4.78 is 0. The van der Waals surface area contributed by atoms with Crippen LogP contribution in [0, 0.1) is 0 Å². The Hall–Kier alpha value is -3.37. The van der Waals surface area contributed by atoms with Crippen molar-refractivity contribution in [1.29, 1.82) is 0 Å². The third-order valence-electron chi connectivity index (χ3n) is 9.35. The van der Waals surface area contributed by atoms with Gasteiger partial charge in [-0.2, -0.15) is 0 Å². The van der Waals surface area contributed by atoms with Crippen molar-refractivity contribution in [3.05, 3.63) is 41.3 Å². The second-order valence-corrected chi connectivity index (χ2v) is 12.0. The Morgan fingerprint density at radius 1 is 1.05 bits per heavy atom. The van der Waals surface area contributed by atoms with Gasteiger partial charge in [0, 0.05) is 48.9 Å². The van der Waals surface area contributed by atoms with Crippen LogP contribution in [-0.4, -0.2) is 79.0 Å². The van der Waals surface area contributed by atoms with E-state index in [9.17, 15) is 9.90 Å². The van der Waals surface area contributed by atoms with Gasteiger partial charge in [-0.15, -0.1) is 0 Å². The summed E-state index contributed by atoms with van der Waals surface area (Å²) in [5.41, 5.74) is 3.58. The molecule has 2 N–H and O–H groups in total. The van der Waals surface area contributed by atoms with E-state index in [1.165, 1.54) is 32.1 Å². The molecule has 7 rings (SSSR count). The second kappa shape index (κ2) is 10.2. The van der Waals surface area contributed by atoms with Gasteiger partial charge in [0.2, 0.25) is 11.9 Å². The number of carbonyl (C=O) groups excluding carboxylic acids is 1. The molecule has 2 bridgehead atoms. The minimum atomic E-state index is -0.657. The molecular weight excluding hydrogens is 504 g/mol. The summed E-state index contributed by atoms with van der Waals surface area (Å²) in [7, 11) is 2.06. The molecule has 3 saturated heterocycles. The number of hydrogen-bond donors (Lipinski definition) is 2. The number of fused-ring (bicyclic) bond motifs is 4. The molecule has 40 heavy (non-hydrogen) atoms. The maximum Gasteiger partial charge on any atom is 0.240 e. The van der Waals surface area contributed by atoms with Crippen LogP contribution in [0.4, 0.5) is 17.6 Å². The second-order valence-electron chi connectivity index (χ2n) is 12.0. The molecule has 0 spiro atoms. The van der Waals surface area contributed by atoms with Gasteiger partial charge in [0.25, 0.3) is 0 Å². The highest BCUT2D eigenvalue weighted by Crippen LogP contribution is 2.42. The van der Waals surface area contributed by atoms with Crippen LogP contribution in [-0.2, 0) is 17.8 Å². The van der Waals surface area contributed by atoms with Crippen LogP contribution in [0.25, 0.3) is 10.9 Å². The van der Waals surface area contributed by atoms with Crippen molar-refractivity contribution >= 4 is 34.4 Å². The molecule has 210 valence electrons. The Labute approximate surface area is 234 Å². The van der Waals surface area contributed by atoms with E-state index >= 15 is 0 Å². The molecule has 3 aromatic rings. The summed E-state index contributed by atoms with van der Waals surface area (Å²) in [5.74, 6) is 2.28. The smallest absolute Gasteiger partial charge is 0.240 e. The van der Waals surface area contributed by atoms with Crippen LogP contribution < -0.4 is 10.2 Å². The van der Waals surface area contributed by atoms with Crippen LogP contribution in [0.1, 0.15) is 74.9 Å². The zero-order valence-corrected chi connectivity index (χ0v) is 23.4. The molecule has 10 nitrogen and oxygen atoms in total. The number of anilines is 3. The molecule has 4 aliphatic heterocycles. The molecule has 1 amide bonds. The van der Waals surface area contributed by atoms with E-state index in [2.05, 4.69) is 33.2 Å². The Bertz CT molecular complexity index is 1420. The summed E-state index contributed by atoms with van der Waals surface area (Å²) in [6.45, 7) is 4.04. The van der Waals surface area contributed by atoms with Crippen molar-refractivity contribution in [3.63, 3.8) is 0 Å². The van der Waals surface area contributed by atoms with Crippen molar-refractivity contribution in [2.75, 3.05) is 30.4 Å². The number of rotatable bonds is 5. The van der Waals surface area contributed by atoms with Crippen LogP contribution in [0.5, 0.6) is 0 Å². The number of aliphatic hydroxyl groups is 1. The number of aromatic nitrogens is 4. The number of pyridine rings is 2. The van der Waals surface area contributed by atoms with Gasteiger partial charge in [0.1, 0.15) is 11.3 Å². The highest BCUT2D eigenvalue weighted by atomic mass is 16.3. The fourth-order valence-electron chi connectivity index (χ4n) is 7.14. The highest BCUT2D eigenvalue weighted by Gasteiger charge is 2.41. The molecule has 0 saturated carbocycles. The van der Waals surface area contributed by atoms with Crippen LogP contribution in [0.15, 0.2) is 24.4 Å². The number of piperidine rings is 1. The summed E-state index contributed by atoms with van der Waals surface area (Å²) in [6, 6.07) is 6.89. The SMILES string of the molecule is C[C@@H](O)c1cc2cnc(Nc3ccc4c(n3)CCN(C(=O)[C@@H]3CCCCN3C)C4)nc2c(N2C3CCC2CC3)n1. The Morgan fingerprint density at radius 3 is 2.60 bits per heavy atom. The zero-order chi connectivity index (χ0) is 27.4. The third-order valence-corrected chi connectivity index (χ3v) is 9.35. The lowest BCUT2D eigenvalue weighted by molar-refractivity contribution is -0.138. The monoisotopic (exact) mass is 542 g/mol. The van der Waals surface area contributed by atoms with E-state index in [0.29, 0.717) is 42.6 Å². The summed E-state index contributed by atoms with van der Waals surface area (Å²) in [5, 5.41) is 14.5. The number of likely N-dealkylation sites (N-methyl/N-ethyl adjacent to an activating group) is 1. The lowest BCUT2D eigenvalue weighted by Gasteiger charge is -2.37. The predicted molar refractivity (Wildman–Crippen MR) is 153 cm³/mol. The Kier molecular flexibility index (Phi) is 6.54. The van der Waals surface area contributed by atoms with Gasteiger partial charge in [-0.25, -0.2) is 19.9 Å². The summed E-state index contributed by atoms with van der Waals surface area (Å²) in [4.78, 5) is 39.1. The minimum absolute atomic E-state index is 0.000976. The molecule has 0 aliphatic carbocycles. The van der Waals surface area contributed by atoms with E-state index in [1.54, 1.807) is 6.92 Å². The lowest BCUT2D eigenvalue weighted by atomic mass is 9.99. The van der Waals surface area contributed by atoms with Crippen molar-refractivity contribution in [2.24, 2.45) is 0 Å². The standard InChI is InChI=1S/C30H38N8O2/c1-18(39)24-15-20-16-31-30(35-27(20)28(33-24)38-21-7-8-22(38)10-9-21)34-26-11-6-19-17-37(14-12-23(19)32-26)29(40)25-5-3-4-13-36(25)2/h6,11,15-16,18,21-22,25,39H,3-5,7-10,12-14,17H2,1-2H3,(H,31,32,34,35)/t18-,21?,22?,25+/m1/s1. The predicted octanol–water partition coefficient (Wildman–Crippen LogP) is 3.72. The number of aliphatic hydroxyl groups excluding tert-OH is 1. The normalized spacial score (nSPS) is 25.3. The van der Waals surface area contributed by atoms with Gasteiger partial charge in [-0.05, 0) is 76.7 Å². The quantitative estimate of drug-likeness (QED) is 0.498. The largest absolute Gasteiger partial charge is 0.387 e. The number of likely N-dealkylation sites (tertiary alicyclic amines) is 1. The van der Waals surface area contributed by atoms with Gasteiger partial charge >= 0.3 is 0 Å². The van der Waals surface area contributed by atoms with Crippen LogP contribution >= 0.6 is 0 Å². The highest BCUT2D eigenvalue weighted by molar-refractivity contribution is 5.90. The molecule has 3 aromatic heterocycles. The fraction of sp³-hybridized carbons (Fsp3) is 0.567. The molecule has 10 heteroatoms. The maximum absolute atomic E-state index is 13.2. The first-order chi connectivity index (χ1) is 19.4. The van der Waals surface area contributed by atoms with E-state index < -0.39 is 6.10 Å². The van der Waals surface area contributed by atoms with Crippen LogP contribution in [0.3, 0.4) is 0 Å². The molecule has 3 fully saturated rings. The number of nitrogens with zero attached hydrogens (tertiary/aromatic N) is 7. The molecule has 0 unspecified atom stereocenters. The van der Waals surface area contributed by atoms with Crippen LogP contribution in [0.2, 0.25) is 0 Å². The van der Waals surface area contributed by atoms with Gasteiger partial charge in [-0.3, -0.25) is 9.69 Å². The first kappa shape index (κ1) is 25.6. The molecule has 7 heterocycles. The Morgan fingerprint density at radius 2 is 1.85 bits per heavy atom. The van der Waals surface area contributed by atoms with E-state index in [0.717, 1.165) is 53.8 Å². The maximum atomic E-state index is 13.2. The Balaban J connectivity index is 1.13. The molecular formula is C30H38N8O2. The molecule has 4 aliphatic rings. The number of amides is 1. The van der Waals surface area contributed by atoms with Crippen molar-refractivity contribution in [2.45, 2.75) is 89.1 Å². The minimum Gasteiger partial charge on any atom is -0.387 e. The topological polar surface area (TPSA) is 111 Å². The fourth-order valence-corrected chi connectivity index (χ4v) is 7.14. The third kappa shape index (κ3) is 4.56. The number of nitrogens with one attached hydrogen (secondary N) is 1. The zero-order valence-electron chi connectivity index (χ0n) is 23.4. The first-order valence-corrected chi connectivity index (χ1v) is 14.8. The number of hydrogen-bond acceptors (Lipinski definition) is 9. The van der Waals surface area contributed by atoms with Gasteiger partial charge < -0.3 is 20.2 Å². The van der Waals surface area contributed by atoms with E-state index in [4.69, 9.17) is 15.0 Å². The number of carbonyl (C=O) groups is 1. The van der Waals surface area contributed by atoms with Gasteiger partial charge in [0.05, 0.1) is 17.8 Å². The van der Waals surface area contributed by atoms with Gasteiger partial charge in [-0.1, -0.05) is 12.5 Å². The van der Waals surface area contributed by atoms with Crippen molar-refractivity contribution in [1.82, 2.24) is 29.7 Å². The van der Waals surface area contributed by atoms with Crippen molar-refractivity contribution in [3.8, 4) is 0 Å². The first-order valence-electron chi connectivity index (χ1n) is 14.8. The summed E-state index contributed by atoms with van der Waals surface area (Å²) in [6.07, 6.45) is 9.86. The van der Waals surface area contributed by atoms with E-state index in [-0.39, 0.29) is 11.9 Å².